The number of rotatable bonds is 4. The van der Waals surface area contributed by atoms with Gasteiger partial charge in [-0.15, -0.1) is 0 Å². The van der Waals surface area contributed by atoms with Crippen molar-refractivity contribution in [1.29, 1.82) is 0 Å². The molecule has 1 unspecified atom stereocenters. The molecule has 4 nitrogen and oxygen atoms in total. The molecule has 1 aliphatic rings. The maximum Gasteiger partial charge on any atom is 0.238 e. The lowest BCUT2D eigenvalue weighted by molar-refractivity contribution is -0.119. The standard InChI is InChI=1S/C14H17IN2O2/c15-12-4-1-5-13(7-12)16-14(19)9-17-6-2-3-11(8-17)10-18/h1,4-5,7,10-11H,2-3,6,8-9H2,(H,16,19). The molecule has 1 fully saturated rings. The predicted octanol–water partition coefficient (Wildman–Crippen LogP) is 2.14. The van der Waals surface area contributed by atoms with Gasteiger partial charge < -0.3 is 10.1 Å². The lowest BCUT2D eigenvalue weighted by Crippen LogP contribution is -2.40. The second kappa shape index (κ2) is 7.00. The second-order valence-electron chi connectivity index (χ2n) is 4.83. The van der Waals surface area contributed by atoms with Gasteiger partial charge in [-0.3, -0.25) is 9.69 Å². The van der Waals surface area contributed by atoms with Crippen molar-refractivity contribution in [2.24, 2.45) is 5.92 Å². The number of nitrogens with zero attached hydrogens (tertiary/aromatic N) is 1. The molecule has 0 spiro atoms. The number of nitrogens with one attached hydrogen (secondary N) is 1. The largest absolute Gasteiger partial charge is 0.325 e. The number of carbonyl (C=O) groups excluding carboxylic acids is 2. The van der Waals surface area contributed by atoms with Crippen LogP contribution in [0.5, 0.6) is 0 Å². The van der Waals surface area contributed by atoms with Crippen molar-refractivity contribution in [3.63, 3.8) is 0 Å². The molecule has 0 aliphatic carbocycles. The minimum atomic E-state index is -0.0199. The van der Waals surface area contributed by atoms with E-state index in [1.54, 1.807) is 0 Å². The summed E-state index contributed by atoms with van der Waals surface area (Å²) in [6, 6.07) is 7.71. The molecule has 19 heavy (non-hydrogen) atoms. The fraction of sp³-hybridized carbons (Fsp3) is 0.429. The SMILES string of the molecule is O=CC1CCCN(CC(=O)Nc2cccc(I)c2)C1. The van der Waals surface area contributed by atoms with Gasteiger partial charge in [-0.25, -0.2) is 0 Å². The van der Waals surface area contributed by atoms with Crippen LogP contribution in [0, 0.1) is 9.49 Å². The molecule has 1 heterocycles. The van der Waals surface area contributed by atoms with E-state index in [0.717, 1.165) is 34.9 Å². The van der Waals surface area contributed by atoms with Gasteiger partial charge in [0, 0.05) is 21.7 Å². The Balaban J connectivity index is 1.85. The fourth-order valence-corrected chi connectivity index (χ4v) is 2.86. The van der Waals surface area contributed by atoms with E-state index in [2.05, 4.69) is 27.9 Å². The van der Waals surface area contributed by atoms with Crippen molar-refractivity contribution in [2.75, 3.05) is 25.0 Å². The summed E-state index contributed by atoms with van der Waals surface area (Å²) < 4.78 is 1.09. The number of hydrogen-bond donors (Lipinski definition) is 1. The molecule has 1 aliphatic heterocycles. The van der Waals surface area contributed by atoms with Gasteiger partial charge in [0.15, 0.2) is 0 Å². The van der Waals surface area contributed by atoms with Crippen LogP contribution in [0.25, 0.3) is 0 Å². The number of aldehydes is 1. The molecular weight excluding hydrogens is 355 g/mol. The third-order valence-electron chi connectivity index (χ3n) is 3.21. The van der Waals surface area contributed by atoms with Gasteiger partial charge in [0.2, 0.25) is 5.91 Å². The summed E-state index contributed by atoms with van der Waals surface area (Å²) in [6.07, 6.45) is 2.93. The van der Waals surface area contributed by atoms with Gasteiger partial charge in [-0.2, -0.15) is 0 Å². The topological polar surface area (TPSA) is 49.4 Å². The first-order chi connectivity index (χ1) is 9.17. The van der Waals surface area contributed by atoms with Crippen LogP contribution in [-0.2, 0) is 9.59 Å². The number of halogens is 1. The van der Waals surface area contributed by atoms with E-state index in [1.807, 2.05) is 29.2 Å². The summed E-state index contributed by atoms with van der Waals surface area (Å²) in [4.78, 5) is 24.8. The Bertz CT molecular complexity index is 465. The van der Waals surface area contributed by atoms with Crippen LogP contribution in [0.2, 0.25) is 0 Å². The van der Waals surface area contributed by atoms with E-state index in [1.165, 1.54) is 0 Å². The third kappa shape index (κ3) is 4.58. The molecule has 1 N–H and O–H groups in total. The summed E-state index contributed by atoms with van der Waals surface area (Å²) in [5, 5.41) is 2.89. The number of anilines is 1. The van der Waals surface area contributed by atoms with Crippen molar-refractivity contribution in [1.82, 2.24) is 4.90 Å². The average Bonchev–Trinajstić information content (AvgIpc) is 2.38. The van der Waals surface area contributed by atoms with Crippen LogP contribution in [0.4, 0.5) is 5.69 Å². The van der Waals surface area contributed by atoms with Crippen molar-refractivity contribution in [3.8, 4) is 0 Å². The van der Waals surface area contributed by atoms with Crippen LogP contribution in [0.1, 0.15) is 12.8 Å². The van der Waals surface area contributed by atoms with Crippen molar-refractivity contribution in [2.45, 2.75) is 12.8 Å². The molecule has 5 heteroatoms. The highest BCUT2D eigenvalue weighted by Crippen LogP contribution is 2.15. The van der Waals surface area contributed by atoms with Crippen LogP contribution < -0.4 is 5.32 Å². The molecular formula is C14H17IN2O2. The number of hydrogen-bond acceptors (Lipinski definition) is 3. The zero-order chi connectivity index (χ0) is 13.7. The molecule has 1 amide bonds. The van der Waals surface area contributed by atoms with Gasteiger partial charge >= 0.3 is 0 Å². The third-order valence-corrected chi connectivity index (χ3v) is 3.88. The quantitative estimate of drug-likeness (QED) is 0.651. The monoisotopic (exact) mass is 372 g/mol. The molecule has 1 saturated heterocycles. The normalized spacial score (nSPS) is 19.9. The Morgan fingerprint density at radius 2 is 2.37 bits per heavy atom. The van der Waals surface area contributed by atoms with Crippen molar-refractivity contribution >= 4 is 40.5 Å². The Hall–Kier alpha value is -0.950. The summed E-state index contributed by atoms with van der Waals surface area (Å²) in [6.45, 7) is 1.95. The lowest BCUT2D eigenvalue weighted by atomic mass is 10.00. The van der Waals surface area contributed by atoms with Gasteiger partial charge in [0.05, 0.1) is 6.54 Å². The molecule has 0 aromatic heterocycles. The molecule has 102 valence electrons. The van der Waals surface area contributed by atoms with E-state index in [0.29, 0.717) is 13.1 Å². The van der Waals surface area contributed by atoms with E-state index >= 15 is 0 Å². The first-order valence-corrected chi connectivity index (χ1v) is 7.48. The van der Waals surface area contributed by atoms with E-state index in [-0.39, 0.29) is 11.8 Å². The van der Waals surface area contributed by atoms with Crippen LogP contribution in [-0.4, -0.2) is 36.7 Å². The maximum absolute atomic E-state index is 11.9. The van der Waals surface area contributed by atoms with Gasteiger partial charge in [0.1, 0.15) is 6.29 Å². The van der Waals surface area contributed by atoms with E-state index in [9.17, 15) is 9.59 Å². The second-order valence-corrected chi connectivity index (χ2v) is 6.08. The molecule has 1 atom stereocenters. The van der Waals surface area contributed by atoms with Crippen molar-refractivity contribution < 1.29 is 9.59 Å². The van der Waals surface area contributed by atoms with Crippen LogP contribution >= 0.6 is 22.6 Å². The molecule has 1 aromatic rings. The first-order valence-electron chi connectivity index (χ1n) is 6.40. The molecule has 0 bridgehead atoms. The predicted molar refractivity (Wildman–Crippen MR) is 83.0 cm³/mol. The van der Waals surface area contributed by atoms with Gasteiger partial charge in [-0.1, -0.05) is 6.07 Å². The lowest BCUT2D eigenvalue weighted by Gasteiger charge is -2.29. The number of likely N-dealkylation sites (tertiary alicyclic amines) is 1. The van der Waals surface area contributed by atoms with Gasteiger partial charge in [0.25, 0.3) is 0 Å². The number of benzene rings is 1. The molecule has 0 saturated carbocycles. The highest BCUT2D eigenvalue weighted by molar-refractivity contribution is 14.1. The zero-order valence-electron chi connectivity index (χ0n) is 10.6. The smallest absolute Gasteiger partial charge is 0.238 e. The molecule has 2 rings (SSSR count). The average molecular weight is 372 g/mol. The Labute approximate surface area is 126 Å². The Morgan fingerprint density at radius 1 is 1.53 bits per heavy atom. The van der Waals surface area contributed by atoms with Crippen molar-refractivity contribution in [3.05, 3.63) is 27.8 Å². The minimum absolute atomic E-state index is 0.0199. The van der Waals surface area contributed by atoms with Crippen LogP contribution in [0.15, 0.2) is 24.3 Å². The highest BCUT2D eigenvalue weighted by Gasteiger charge is 2.20. The number of amides is 1. The summed E-state index contributed by atoms with van der Waals surface area (Å²) in [5.41, 5.74) is 0.820. The zero-order valence-corrected chi connectivity index (χ0v) is 12.8. The molecule has 0 radical (unpaired) electrons. The maximum atomic E-state index is 11.9. The Morgan fingerprint density at radius 3 is 3.11 bits per heavy atom. The first kappa shape index (κ1) is 14.5. The summed E-state index contributed by atoms with van der Waals surface area (Å²) >= 11 is 2.21. The number of piperidine rings is 1. The molecule has 1 aromatic carbocycles. The highest BCUT2D eigenvalue weighted by atomic mass is 127. The van der Waals surface area contributed by atoms with Gasteiger partial charge in [-0.05, 0) is 60.2 Å². The van der Waals surface area contributed by atoms with E-state index in [4.69, 9.17) is 0 Å². The van der Waals surface area contributed by atoms with Crippen LogP contribution in [0.3, 0.4) is 0 Å². The summed E-state index contributed by atoms with van der Waals surface area (Å²) in [7, 11) is 0. The minimum Gasteiger partial charge on any atom is -0.325 e. The summed E-state index contributed by atoms with van der Waals surface area (Å²) in [5.74, 6) is 0.0628. The fourth-order valence-electron chi connectivity index (χ4n) is 2.32. The van der Waals surface area contributed by atoms with E-state index < -0.39 is 0 Å². The number of carbonyl (C=O) groups is 2. The Kier molecular flexibility index (Phi) is 5.33.